The van der Waals surface area contributed by atoms with E-state index in [2.05, 4.69) is 74.6 Å². The molecule has 0 aromatic heterocycles. The molecule has 0 aliphatic carbocycles. The van der Waals surface area contributed by atoms with Crippen molar-refractivity contribution < 1.29 is 4.74 Å². The zero-order valence-corrected chi connectivity index (χ0v) is 15.9. The van der Waals surface area contributed by atoms with Gasteiger partial charge in [0.2, 0.25) is 0 Å². The van der Waals surface area contributed by atoms with Gasteiger partial charge in [-0.05, 0) is 43.2 Å². The molecule has 0 radical (unpaired) electrons. The second-order valence-corrected chi connectivity index (χ2v) is 7.14. The fourth-order valence-corrected chi connectivity index (χ4v) is 2.72. The molecule has 0 bridgehead atoms. The van der Waals surface area contributed by atoms with Gasteiger partial charge in [0, 0.05) is 17.6 Å². The van der Waals surface area contributed by atoms with Crippen molar-refractivity contribution in [3.63, 3.8) is 0 Å². The first kappa shape index (κ1) is 19.3. The Morgan fingerprint density at radius 3 is 2.24 bits per heavy atom. The van der Waals surface area contributed by atoms with Crippen LogP contribution >= 0.6 is 12.4 Å². The molecule has 0 saturated carbocycles. The van der Waals surface area contributed by atoms with E-state index in [1.807, 2.05) is 18.2 Å². The number of nitrogens with one attached hydrogen (secondary N) is 1. The number of benzene rings is 3. The van der Waals surface area contributed by atoms with E-state index in [1.54, 1.807) is 0 Å². The summed E-state index contributed by atoms with van der Waals surface area (Å²) in [5, 5.41) is 6.08. The first-order valence-corrected chi connectivity index (χ1v) is 8.45. The molecule has 0 saturated heterocycles. The lowest BCUT2D eigenvalue weighted by atomic mass is 10.0. The first-order valence-electron chi connectivity index (χ1n) is 8.45. The molecule has 0 spiro atoms. The molecule has 25 heavy (non-hydrogen) atoms. The Balaban J connectivity index is 0.00000225. The molecule has 3 rings (SSSR count). The van der Waals surface area contributed by atoms with E-state index in [1.165, 1.54) is 21.9 Å². The molecule has 3 aromatic carbocycles. The number of halogens is 1. The van der Waals surface area contributed by atoms with Crippen molar-refractivity contribution >= 4 is 23.2 Å². The summed E-state index contributed by atoms with van der Waals surface area (Å²) >= 11 is 0. The third-order valence-corrected chi connectivity index (χ3v) is 4.03. The molecular formula is C22H26ClNO. The summed E-state index contributed by atoms with van der Waals surface area (Å²) in [4.78, 5) is 0. The fraction of sp³-hybridized carbons (Fsp3) is 0.273. The molecule has 0 aliphatic heterocycles. The van der Waals surface area contributed by atoms with E-state index in [0.29, 0.717) is 6.61 Å². The number of hydrogen-bond donors (Lipinski definition) is 1. The van der Waals surface area contributed by atoms with Gasteiger partial charge < -0.3 is 10.1 Å². The molecule has 3 heteroatoms. The highest BCUT2D eigenvalue weighted by Crippen LogP contribution is 2.29. The number of hydrogen-bond acceptors (Lipinski definition) is 2. The maximum Gasteiger partial charge on any atom is 0.124 e. The molecule has 3 aromatic rings. The van der Waals surface area contributed by atoms with Crippen LogP contribution in [0.2, 0.25) is 0 Å². The van der Waals surface area contributed by atoms with Crippen LogP contribution in [0.3, 0.4) is 0 Å². The predicted octanol–water partition coefficient (Wildman–Crippen LogP) is 5.73. The molecule has 0 aliphatic rings. The summed E-state index contributed by atoms with van der Waals surface area (Å²) in [6, 6.07) is 23.0. The van der Waals surface area contributed by atoms with Crippen molar-refractivity contribution in [2.45, 2.75) is 39.5 Å². The Bertz CT molecular complexity index is 809. The largest absolute Gasteiger partial charge is 0.489 e. The van der Waals surface area contributed by atoms with Crippen molar-refractivity contribution in [3.05, 3.63) is 77.9 Å². The smallest absolute Gasteiger partial charge is 0.124 e. The molecule has 0 fully saturated rings. The summed E-state index contributed by atoms with van der Waals surface area (Å²) < 4.78 is 6.16. The van der Waals surface area contributed by atoms with Crippen LogP contribution in [0.15, 0.2) is 66.7 Å². The van der Waals surface area contributed by atoms with E-state index < -0.39 is 0 Å². The summed E-state index contributed by atoms with van der Waals surface area (Å²) in [5.41, 5.74) is 2.47. The van der Waals surface area contributed by atoms with E-state index in [9.17, 15) is 0 Å². The highest BCUT2D eigenvalue weighted by atomic mass is 35.5. The van der Waals surface area contributed by atoms with E-state index in [-0.39, 0.29) is 17.9 Å². The minimum absolute atomic E-state index is 0. The van der Waals surface area contributed by atoms with E-state index in [0.717, 1.165) is 12.3 Å². The molecular weight excluding hydrogens is 330 g/mol. The van der Waals surface area contributed by atoms with Gasteiger partial charge in [0.25, 0.3) is 0 Å². The second kappa shape index (κ2) is 8.37. The highest BCUT2D eigenvalue weighted by Gasteiger charge is 2.13. The van der Waals surface area contributed by atoms with Gasteiger partial charge in [-0.15, -0.1) is 12.4 Å². The van der Waals surface area contributed by atoms with Crippen molar-refractivity contribution in [1.29, 1.82) is 0 Å². The third kappa shape index (κ3) is 5.22. The summed E-state index contributed by atoms with van der Waals surface area (Å²) in [7, 11) is 0. The minimum atomic E-state index is 0. The van der Waals surface area contributed by atoms with Crippen LogP contribution in [0, 0.1) is 0 Å². The average Bonchev–Trinajstić information content (AvgIpc) is 2.58. The predicted molar refractivity (Wildman–Crippen MR) is 109 cm³/mol. The lowest BCUT2D eigenvalue weighted by Crippen LogP contribution is -2.35. The Hall–Kier alpha value is -2.03. The van der Waals surface area contributed by atoms with Crippen molar-refractivity contribution in [3.8, 4) is 5.75 Å². The van der Waals surface area contributed by atoms with Crippen LogP contribution in [-0.2, 0) is 13.2 Å². The Morgan fingerprint density at radius 2 is 1.52 bits per heavy atom. The standard InChI is InChI=1S/C22H25NO.ClH/c1-22(2,3)23-15-20-19-12-8-7-11-18(19)13-14-21(20)24-16-17-9-5-4-6-10-17;/h4-14,23H,15-16H2,1-3H3;1H. The Labute approximate surface area is 156 Å². The highest BCUT2D eigenvalue weighted by molar-refractivity contribution is 5.87. The fourth-order valence-electron chi connectivity index (χ4n) is 2.72. The van der Waals surface area contributed by atoms with Crippen molar-refractivity contribution in [2.24, 2.45) is 0 Å². The van der Waals surface area contributed by atoms with Gasteiger partial charge in [-0.1, -0.05) is 60.7 Å². The minimum Gasteiger partial charge on any atom is -0.489 e. The van der Waals surface area contributed by atoms with Crippen LogP contribution in [0.1, 0.15) is 31.9 Å². The lowest BCUT2D eigenvalue weighted by molar-refractivity contribution is 0.301. The van der Waals surface area contributed by atoms with Gasteiger partial charge >= 0.3 is 0 Å². The normalized spacial score (nSPS) is 11.2. The SMILES string of the molecule is CC(C)(C)NCc1c(OCc2ccccc2)ccc2ccccc12.Cl. The monoisotopic (exact) mass is 355 g/mol. The summed E-state index contributed by atoms with van der Waals surface area (Å²) in [5.74, 6) is 0.953. The molecule has 0 atom stereocenters. The van der Waals surface area contributed by atoms with Crippen LogP contribution < -0.4 is 10.1 Å². The number of fused-ring (bicyclic) bond motifs is 1. The first-order chi connectivity index (χ1) is 11.5. The third-order valence-electron chi connectivity index (χ3n) is 4.03. The van der Waals surface area contributed by atoms with Crippen molar-refractivity contribution in [2.75, 3.05) is 0 Å². The summed E-state index contributed by atoms with van der Waals surface area (Å²) in [6.45, 7) is 7.92. The molecule has 0 amide bonds. The molecule has 132 valence electrons. The van der Waals surface area contributed by atoms with Gasteiger partial charge in [-0.25, -0.2) is 0 Å². The van der Waals surface area contributed by atoms with E-state index >= 15 is 0 Å². The molecule has 0 heterocycles. The van der Waals surface area contributed by atoms with E-state index in [4.69, 9.17) is 4.74 Å². The van der Waals surface area contributed by atoms with Gasteiger partial charge in [0.15, 0.2) is 0 Å². The lowest BCUT2D eigenvalue weighted by Gasteiger charge is -2.22. The quantitative estimate of drug-likeness (QED) is 0.631. The summed E-state index contributed by atoms with van der Waals surface area (Å²) in [6.07, 6.45) is 0. The topological polar surface area (TPSA) is 21.3 Å². The zero-order chi connectivity index (χ0) is 17.0. The number of ether oxygens (including phenoxy) is 1. The maximum atomic E-state index is 6.16. The molecule has 1 N–H and O–H groups in total. The van der Waals surface area contributed by atoms with Gasteiger partial charge in [0.1, 0.15) is 12.4 Å². The van der Waals surface area contributed by atoms with Crippen molar-refractivity contribution in [1.82, 2.24) is 5.32 Å². The average molecular weight is 356 g/mol. The van der Waals surface area contributed by atoms with Crippen LogP contribution in [0.4, 0.5) is 0 Å². The van der Waals surface area contributed by atoms with Crippen LogP contribution in [0.25, 0.3) is 10.8 Å². The molecule has 2 nitrogen and oxygen atoms in total. The molecule has 0 unspecified atom stereocenters. The Kier molecular flexibility index (Phi) is 6.46. The van der Waals surface area contributed by atoms with Gasteiger partial charge in [0.05, 0.1) is 0 Å². The van der Waals surface area contributed by atoms with Crippen LogP contribution in [-0.4, -0.2) is 5.54 Å². The van der Waals surface area contributed by atoms with Gasteiger partial charge in [-0.3, -0.25) is 0 Å². The second-order valence-electron chi connectivity index (χ2n) is 7.14. The zero-order valence-electron chi connectivity index (χ0n) is 15.1. The van der Waals surface area contributed by atoms with Gasteiger partial charge in [-0.2, -0.15) is 0 Å². The number of rotatable bonds is 5. The Morgan fingerprint density at radius 1 is 0.840 bits per heavy atom. The maximum absolute atomic E-state index is 6.16. The van der Waals surface area contributed by atoms with Crippen LogP contribution in [0.5, 0.6) is 5.75 Å².